The fraction of sp³-hybridized carbons (Fsp3) is 0.261. The molecule has 1 N–H and O–H groups in total. The molecule has 0 unspecified atom stereocenters. The Kier molecular flexibility index (Phi) is 6.74. The number of amides is 1. The van der Waals surface area contributed by atoms with Crippen molar-refractivity contribution in [2.24, 2.45) is 0 Å². The largest absolute Gasteiger partial charge is 0.355 e. The van der Waals surface area contributed by atoms with E-state index in [9.17, 15) is 9.18 Å². The van der Waals surface area contributed by atoms with Gasteiger partial charge >= 0.3 is 0 Å². The molecule has 1 aliphatic rings. The second-order valence-electron chi connectivity index (χ2n) is 7.42. The highest BCUT2D eigenvalue weighted by atomic mass is 35.5. The Hall–Kier alpha value is -3.03. The maximum Gasteiger partial charge on any atom is 0.274 e. The molecule has 0 bridgehead atoms. The first-order chi connectivity index (χ1) is 15.1. The smallest absolute Gasteiger partial charge is 0.274 e. The molecule has 3 aromatic rings. The molecule has 4 rings (SSSR count). The predicted molar refractivity (Wildman–Crippen MR) is 120 cm³/mol. The van der Waals surface area contributed by atoms with Crippen LogP contribution in [0.4, 0.5) is 15.9 Å². The van der Waals surface area contributed by atoms with Crippen LogP contribution in [-0.2, 0) is 6.54 Å². The molecule has 1 aliphatic heterocycles. The first-order valence-corrected chi connectivity index (χ1v) is 10.6. The number of benzene rings is 1. The zero-order valence-corrected chi connectivity index (χ0v) is 17.7. The summed E-state index contributed by atoms with van der Waals surface area (Å²) in [4.78, 5) is 25.6. The van der Waals surface area contributed by atoms with E-state index >= 15 is 0 Å². The number of carbonyl (C=O) groups excluding carboxylic acids is 1. The van der Waals surface area contributed by atoms with Gasteiger partial charge in [0.2, 0.25) is 0 Å². The lowest BCUT2D eigenvalue weighted by molar-refractivity contribution is 0.102. The molecule has 0 aliphatic carbocycles. The van der Waals surface area contributed by atoms with E-state index in [2.05, 4.69) is 25.1 Å². The number of anilines is 2. The molecule has 6 nitrogen and oxygen atoms in total. The molecule has 0 radical (unpaired) electrons. The molecule has 0 spiro atoms. The third kappa shape index (κ3) is 5.57. The van der Waals surface area contributed by atoms with Crippen LogP contribution in [0.1, 0.15) is 22.5 Å². The molecule has 0 saturated carbocycles. The predicted octanol–water partition coefficient (Wildman–Crippen LogP) is 4.23. The summed E-state index contributed by atoms with van der Waals surface area (Å²) in [6, 6.07) is 13.5. The summed E-state index contributed by atoms with van der Waals surface area (Å²) in [5, 5.41) is 3.29. The zero-order chi connectivity index (χ0) is 21.6. The van der Waals surface area contributed by atoms with E-state index in [1.165, 1.54) is 12.1 Å². The monoisotopic (exact) mass is 439 g/mol. The van der Waals surface area contributed by atoms with Gasteiger partial charge in [-0.1, -0.05) is 23.7 Å². The van der Waals surface area contributed by atoms with Crippen molar-refractivity contribution in [3.8, 4) is 0 Å². The molecule has 160 valence electrons. The van der Waals surface area contributed by atoms with Crippen LogP contribution in [0.5, 0.6) is 0 Å². The van der Waals surface area contributed by atoms with E-state index in [1.54, 1.807) is 36.7 Å². The van der Waals surface area contributed by atoms with E-state index in [1.807, 2.05) is 12.1 Å². The van der Waals surface area contributed by atoms with Crippen molar-refractivity contribution in [2.75, 3.05) is 36.4 Å². The molecule has 2 aromatic heterocycles. The van der Waals surface area contributed by atoms with Crippen LogP contribution < -0.4 is 10.2 Å². The number of hydrogen-bond donors (Lipinski definition) is 1. The van der Waals surface area contributed by atoms with Crippen molar-refractivity contribution in [2.45, 2.75) is 13.0 Å². The van der Waals surface area contributed by atoms with Crippen LogP contribution in [-0.4, -0.2) is 47.0 Å². The minimum absolute atomic E-state index is 0.254. The van der Waals surface area contributed by atoms with Gasteiger partial charge in [0.1, 0.15) is 17.3 Å². The summed E-state index contributed by atoms with van der Waals surface area (Å²) >= 11 is 6.19. The Morgan fingerprint density at radius 3 is 2.71 bits per heavy atom. The Morgan fingerprint density at radius 2 is 1.90 bits per heavy atom. The third-order valence-electron chi connectivity index (χ3n) is 5.23. The lowest BCUT2D eigenvalue weighted by atomic mass is 10.2. The molecular formula is C23H23ClFN5O. The molecule has 31 heavy (non-hydrogen) atoms. The van der Waals surface area contributed by atoms with E-state index < -0.39 is 0 Å². The van der Waals surface area contributed by atoms with Gasteiger partial charge in [-0.05, 0) is 48.4 Å². The summed E-state index contributed by atoms with van der Waals surface area (Å²) in [6.07, 6.45) is 4.21. The number of nitrogens with one attached hydrogen (secondary N) is 1. The fourth-order valence-corrected chi connectivity index (χ4v) is 3.83. The molecular weight excluding hydrogens is 417 g/mol. The topological polar surface area (TPSA) is 61.4 Å². The van der Waals surface area contributed by atoms with Gasteiger partial charge in [0.25, 0.3) is 5.91 Å². The average Bonchev–Trinajstić information content (AvgIpc) is 3.02. The van der Waals surface area contributed by atoms with Crippen molar-refractivity contribution >= 4 is 29.0 Å². The van der Waals surface area contributed by atoms with Gasteiger partial charge in [-0.3, -0.25) is 14.7 Å². The summed E-state index contributed by atoms with van der Waals surface area (Å²) in [5.41, 5.74) is 1.97. The second-order valence-corrected chi connectivity index (χ2v) is 7.83. The van der Waals surface area contributed by atoms with Crippen molar-refractivity contribution in [1.82, 2.24) is 14.9 Å². The number of nitrogens with zero attached hydrogens (tertiary/aromatic N) is 4. The molecule has 1 aromatic carbocycles. The minimum Gasteiger partial charge on any atom is -0.355 e. The highest BCUT2D eigenvalue weighted by molar-refractivity contribution is 6.31. The molecule has 3 heterocycles. The molecule has 8 heteroatoms. The van der Waals surface area contributed by atoms with E-state index in [0.717, 1.165) is 44.0 Å². The summed E-state index contributed by atoms with van der Waals surface area (Å²) in [5.74, 6) is 0.203. The molecule has 1 amide bonds. The van der Waals surface area contributed by atoms with E-state index in [4.69, 9.17) is 11.6 Å². The maximum absolute atomic E-state index is 13.3. The maximum atomic E-state index is 13.3. The number of pyridine rings is 2. The Labute approximate surface area is 185 Å². The number of carbonyl (C=O) groups is 1. The zero-order valence-electron chi connectivity index (χ0n) is 17.0. The van der Waals surface area contributed by atoms with Gasteiger partial charge in [-0.25, -0.2) is 9.37 Å². The summed E-state index contributed by atoms with van der Waals surface area (Å²) in [7, 11) is 0. The van der Waals surface area contributed by atoms with Crippen LogP contribution in [0, 0.1) is 5.82 Å². The van der Waals surface area contributed by atoms with Crippen molar-refractivity contribution in [3.63, 3.8) is 0 Å². The third-order valence-corrected chi connectivity index (χ3v) is 5.58. The lowest BCUT2D eigenvalue weighted by Gasteiger charge is -2.23. The van der Waals surface area contributed by atoms with Gasteiger partial charge in [0, 0.05) is 55.8 Å². The van der Waals surface area contributed by atoms with Gasteiger partial charge in [0.05, 0.1) is 0 Å². The minimum atomic E-state index is -0.324. The molecule has 0 atom stereocenters. The summed E-state index contributed by atoms with van der Waals surface area (Å²) in [6.45, 7) is 4.03. The van der Waals surface area contributed by atoms with Crippen molar-refractivity contribution < 1.29 is 9.18 Å². The Morgan fingerprint density at radius 1 is 1.06 bits per heavy atom. The van der Waals surface area contributed by atoms with Crippen LogP contribution >= 0.6 is 11.6 Å². The SMILES string of the molecule is O=C(Nc1ccncc1)c1cccc(N2CCCN(Cc3ccc(F)cc3Cl)CC2)n1. The van der Waals surface area contributed by atoms with Crippen LogP contribution in [0.25, 0.3) is 0 Å². The first kappa shape index (κ1) is 21.2. The fourth-order valence-electron chi connectivity index (χ4n) is 3.61. The molecule has 1 saturated heterocycles. The standard InChI is InChI=1S/C23H23ClFN5O/c24-20-15-18(25)6-5-17(20)16-29-11-2-12-30(14-13-29)22-4-1-3-21(28-22)23(31)27-19-7-9-26-10-8-19/h1,3-10,15H,2,11-14,16H2,(H,26,27,31). The number of halogens is 2. The average molecular weight is 440 g/mol. The summed E-state index contributed by atoms with van der Waals surface area (Å²) < 4.78 is 13.3. The lowest BCUT2D eigenvalue weighted by Crippen LogP contribution is -2.31. The van der Waals surface area contributed by atoms with Crippen LogP contribution in [0.2, 0.25) is 5.02 Å². The first-order valence-electron chi connectivity index (χ1n) is 10.2. The quantitative estimate of drug-likeness (QED) is 0.644. The highest BCUT2D eigenvalue weighted by Gasteiger charge is 2.18. The number of hydrogen-bond acceptors (Lipinski definition) is 5. The molecule has 1 fully saturated rings. The van der Waals surface area contributed by atoms with Crippen LogP contribution in [0.15, 0.2) is 60.9 Å². The Bertz CT molecular complexity index is 1050. The number of rotatable bonds is 5. The van der Waals surface area contributed by atoms with Gasteiger partial charge < -0.3 is 10.2 Å². The van der Waals surface area contributed by atoms with E-state index in [0.29, 0.717) is 22.9 Å². The van der Waals surface area contributed by atoms with Crippen molar-refractivity contribution in [1.29, 1.82) is 0 Å². The van der Waals surface area contributed by atoms with Gasteiger partial charge in [0.15, 0.2) is 0 Å². The Balaban J connectivity index is 1.40. The van der Waals surface area contributed by atoms with Crippen LogP contribution in [0.3, 0.4) is 0 Å². The number of aromatic nitrogens is 2. The van der Waals surface area contributed by atoms with E-state index in [-0.39, 0.29) is 11.7 Å². The van der Waals surface area contributed by atoms with Gasteiger partial charge in [-0.15, -0.1) is 0 Å². The normalized spacial score (nSPS) is 14.8. The van der Waals surface area contributed by atoms with Gasteiger partial charge in [-0.2, -0.15) is 0 Å². The second kappa shape index (κ2) is 9.85. The highest BCUT2D eigenvalue weighted by Crippen LogP contribution is 2.21. The van der Waals surface area contributed by atoms with Crippen molar-refractivity contribution in [3.05, 3.63) is 83.0 Å².